The molecule has 0 N–H and O–H groups in total. The third-order valence-corrected chi connectivity index (χ3v) is 5.06. The smallest absolute Gasteiger partial charge is 0.273 e. The van der Waals surface area contributed by atoms with Crippen molar-refractivity contribution in [1.82, 2.24) is 0 Å². The molecule has 1 unspecified atom stereocenters. The maximum atomic E-state index is 12.7. The monoisotopic (exact) mass is 301 g/mol. The molecule has 1 aromatic heterocycles. The molecule has 5 heteroatoms. The van der Waals surface area contributed by atoms with Crippen molar-refractivity contribution in [3.05, 3.63) is 61.3 Å². The summed E-state index contributed by atoms with van der Waals surface area (Å²) in [7, 11) is 0. The zero-order valence-electron chi connectivity index (χ0n) is 11.7. The van der Waals surface area contributed by atoms with Gasteiger partial charge in [-0.25, -0.2) is 0 Å². The zero-order valence-corrected chi connectivity index (χ0v) is 12.5. The Kier molecular flexibility index (Phi) is 3.59. The summed E-state index contributed by atoms with van der Waals surface area (Å²) in [6, 6.07) is 6.79. The first-order chi connectivity index (χ1) is 10.1. The maximum Gasteiger partial charge on any atom is 0.273 e. The van der Waals surface area contributed by atoms with E-state index in [0.29, 0.717) is 11.1 Å². The zero-order chi connectivity index (χ0) is 15.0. The molecule has 0 radical (unpaired) electrons. The number of hydrogen-bond acceptors (Lipinski definition) is 4. The summed E-state index contributed by atoms with van der Waals surface area (Å²) in [4.78, 5) is 24.6. The van der Waals surface area contributed by atoms with E-state index in [1.807, 2.05) is 11.4 Å². The molecule has 0 bridgehead atoms. The lowest BCUT2D eigenvalue weighted by Crippen LogP contribution is -2.17. The van der Waals surface area contributed by atoms with Gasteiger partial charge in [-0.1, -0.05) is 12.1 Å². The molecular formula is C16H15NO3S. The van der Waals surface area contributed by atoms with E-state index in [0.717, 1.165) is 24.8 Å². The fourth-order valence-electron chi connectivity index (χ4n) is 2.92. The summed E-state index contributed by atoms with van der Waals surface area (Å²) in [5, 5.41) is 13.0. The van der Waals surface area contributed by atoms with Gasteiger partial charge in [0.1, 0.15) is 0 Å². The molecule has 0 spiro atoms. The number of Topliss-reactive ketones (excluding diaryl/α,β-unsaturated/α-hetero) is 1. The Bertz CT molecular complexity index is 720. The average Bonchev–Trinajstić information content (AvgIpc) is 2.95. The van der Waals surface area contributed by atoms with Gasteiger partial charge in [0.05, 0.1) is 4.92 Å². The van der Waals surface area contributed by atoms with Crippen molar-refractivity contribution in [2.75, 3.05) is 0 Å². The quantitative estimate of drug-likeness (QED) is 0.483. The van der Waals surface area contributed by atoms with Gasteiger partial charge in [0.25, 0.3) is 5.69 Å². The Morgan fingerprint density at radius 3 is 2.95 bits per heavy atom. The van der Waals surface area contributed by atoms with Crippen molar-refractivity contribution >= 4 is 22.8 Å². The third kappa shape index (κ3) is 2.49. The van der Waals surface area contributed by atoms with Crippen molar-refractivity contribution in [3.63, 3.8) is 0 Å². The Morgan fingerprint density at radius 2 is 2.19 bits per heavy atom. The number of fused-ring (bicyclic) bond motifs is 1. The van der Waals surface area contributed by atoms with E-state index in [-0.39, 0.29) is 17.4 Å². The summed E-state index contributed by atoms with van der Waals surface area (Å²) in [6.07, 6.45) is 2.85. The minimum Gasteiger partial charge on any atom is -0.293 e. The molecule has 4 nitrogen and oxygen atoms in total. The number of nitrogens with zero attached hydrogens (tertiary/aromatic N) is 1. The van der Waals surface area contributed by atoms with E-state index in [9.17, 15) is 14.9 Å². The number of thiophene rings is 1. The highest BCUT2D eigenvalue weighted by atomic mass is 32.1. The molecule has 0 saturated carbocycles. The second-order valence-corrected chi connectivity index (χ2v) is 6.37. The van der Waals surface area contributed by atoms with Crippen molar-refractivity contribution in [2.24, 2.45) is 0 Å². The van der Waals surface area contributed by atoms with Crippen LogP contribution < -0.4 is 0 Å². The molecule has 0 aliphatic heterocycles. The molecule has 0 amide bonds. The standard InChI is InChI=1S/C16H15NO3S/c1-10-5-6-11(9-14(10)17(19)20)16(18)13-3-2-4-15-12(13)7-8-21-15/h5-9,13H,2-4H2,1H3. The first-order valence-corrected chi connectivity index (χ1v) is 7.81. The van der Waals surface area contributed by atoms with E-state index in [1.165, 1.54) is 10.9 Å². The highest BCUT2D eigenvalue weighted by molar-refractivity contribution is 7.10. The second kappa shape index (κ2) is 5.41. The van der Waals surface area contributed by atoms with E-state index in [4.69, 9.17) is 0 Å². The van der Waals surface area contributed by atoms with Crippen LogP contribution in [0.5, 0.6) is 0 Å². The van der Waals surface area contributed by atoms with Gasteiger partial charge >= 0.3 is 0 Å². The second-order valence-electron chi connectivity index (χ2n) is 5.37. The molecule has 0 fully saturated rings. The first kappa shape index (κ1) is 13.9. The Balaban J connectivity index is 1.97. The van der Waals surface area contributed by atoms with Crippen molar-refractivity contribution in [2.45, 2.75) is 32.1 Å². The topological polar surface area (TPSA) is 60.2 Å². The number of carbonyl (C=O) groups excluding carboxylic acids is 1. The number of nitro benzene ring substituents is 1. The third-order valence-electron chi connectivity index (χ3n) is 4.06. The molecule has 21 heavy (non-hydrogen) atoms. The van der Waals surface area contributed by atoms with Crippen LogP contribution >= 0.6 is 11.3 Å². The largest absolute Gasteiger partial charge is 0.293 e. The predicted octanol–water partition coefficient (Wildman–Crippen LogP) is 4.27. The van der Waals surface area contributed by atoms with E-state index in [1.54, 1.807) is 30.4 Å². The van der Waals surface area contributed by atoms with Gasteiger partial charge in [0.2, 0.25) is 0 Å². The lowest BCUT2D eigenvalue weighted by atomic mass is 9.82. The highest BCUT2D eigenvalue weighted by Crippen LogP contribution is 2.37. The molecule has 1 aliphatic rings. The average molecular weight is 301 g/mol. The number of carbonyl (C=O) groups is 1. The SMILES string of the molecule is Cc1ccc(C(=O)C2CCCc3sccc32)cc1[N+](=O)[O-]. The summed E-state index contributed by atoms with van der Waals surface area (Å²) < 4.78 is 0. The molecule has 1 aliphatic carbocycles. The highest BCUT2D eigenvalue weighted by Gasteiger charge is 2.29. The minimum absolute atomic E-state index is 0.00236. The minimum atomic E-state index is -0.428. The molecule has 108 valence electrons. The van der Waals surface area contributed by atoms with Gasteiger partial charge in [-0.3, -0.25) is 14.9 Å². The molecule has 3 rings (SSSR count). The normalized spacial score (nSPS) is 17.3. The lowest BCUT2D eigenvalue weighted by Gasteiger charge is -2.21. The van der Waals surface area contributed by atoms with Gasteiger partial charge in [0.15, 0.2) is 5.78 Å². The summed E-state index contributed by atoms with van der Waals surface area (Å²) in [5.74, 6) is -0.153. The van der Waals surface area contributed by atoms with E-state index < -0.39 is 4.92 Å². The van der Waals surface area contributed by atoms with Gasteiger partial charge in [-0.05, 0) is 43.2 Å². The van der Waals surface area contributed by atoms with Gasteiger partial charge in [-0.2, -0.15) is 0 Å². The Hall–Kier alpha value is -2.01. The predicted molar refractivity (Wildman–Crippen MR) is 82.2 cm³/mol. The first-order valence-electron chi connectivity index (χ1n) is 6.93. The molecule has 0 saturated heterocycles. The molecule has 1 atom stereocenters. The summed E-state index contributed by atoms with van der Waals surface area (Å²) in [5.41, 5.74) is 2.15. The number of aryl methyl sites for hydroxylation is 2. The van der Waals surface area contributed by atoms with E-state index >= 15 is 0 Å². The van der Waals surface area contributed by atoms with Gasteiger partial charge in [-0.15, -0.1) is 11.3 Å². The molecule has 1 heterocycles. The van der Waals surface area contributed by atoms with Gasteiger partial charge in [0, 0.05) is 28.0 Å². The number of benzene rings is 1. The lowest BCUT2D eigenvalue weighted by molar-refractivity contribution is -0.385. The maximum absolute atomic E-state index is 12.7. The number of nitro groups is 1. The number of hydrogen-bond donors (Lipinski definition) is 0. The van der Waals surface area contributed by atoms with Crippen LogP contribution in [0.4, 0.5) is 5.69 Å². The van der Waals surface area contributed by atoms with Crippen molar-refractivity contribution in [1.29, 1.82) is 0 Å². The molecular weight excluding hydrogens is 286 g/mol. The van der Waals surface area contributed by atoms with Crippen LogP contribution in [0.3, 0.4) is 0 Å². The van der Waals surface area contributed by atoms with Crippen LogP contribution in [0.25, 0.3) is 0 Å². The van der Waals surface area contributed by atoms with Gasteiger partial charge < -0.3 is 0 Å². The van der Waals surface area contributed by atoms with Crippen LogP contribution in [-0.2, 0) is 6.42 Å². The summed E-state index contributed by atoms with van der Waals surface area (Å²) >= 11 is 1.69. The van der Waals surface area contributed by atoms with Crippen molar-refractivity contribution in [3.8, 4) is 0 Å². The van der Waals surface area contributed by atoms with Crippen molar-refractivity contribution < 1.29 is 9.72 Å². The fourth-order valence-corrected chi connectivity index (χ4v) is 3.91. The van der Waals surface area contributed by atoms with Crippen LogP contribution in [-0.4, -0.2) is 10.7 Å². The molecule has 1 aromatic carbocycles. The van der Waals surface area contributed by atoms with Crippen LogP contribution in [0.1, 0.15) is 45.1 Å². The number of rotatable bonds is 3. The summed E-state index contributed by atoms with van der Waals surface area (Å²) in [6.45, 7) is 1.68. The Morgan fingerprint density at radius 1 is 1.38 bits per heavy atom. The molecule has 2 aromatic rings. The fraction of sp³-hybridized carbons (Fsp3) is 0.312. The Labute approximate surface area is 126 Å². The van der Waals surface area contributed by atoms with Crippen LogP contribution in [0.15, 0.2) is 29.6 Å². The van der Waals surface area contributed by atoms with Crippen LogP contribution in [0.2, 0.25) is 0 Å². The van der Waals surface area contributed by atoms with E-state index in [2.05, 4.69) is 0 Å². The van der Waals surface area contributed by atoms with Crippen LogP contribution in [0, 0.1) is 17.0 Å². The number of ketones is 1.